The highest BCUT2D eigenvalue weighted by Crippen LogP contribution is 2.23. The Bertz CT molecular complexity index is 490. The van der Waals surface area contributed by atoms with E-state index in [0.717, 1.165) is 4.90 Å². The van der Waals surface area contributed by atoms with Crippen molar-refractivity contribution in [3.63, 3.8) is 0 Å². The molecule has 17 heavy (non-hydrogen) atoms. The third kappa shape index (κ3) is 2.06. The second kappa shape index (κ2) is 4.04. The molecule has 6 heteroatoms. The second-order valence-corrected chi connectivity index (χ2v) is 3.94. The van der Waals surface area contributed by atoms with Crippen LogP contribution in [0.1, 0.15) is 0 Å². The van der Waals surface area contributed by atoms with Crippen molar-refractivity contribution >= 4 is 23.2 Å². The van der Waals surface area contributed by atoms with E-state index in [1.807, 2.05) is 0 Å². The normalized spacial score (nSPS) is 16.6. The maximum Gasteiger partial charge on any atom is 0.247 e. The number of piperazine rings is 1. The SMILES string of the molecule is CN1CC(=O)N(c2cc(N)ccc2F)CC1=O. The van der Waals surface area contributed by atoms with Gasteiger partial charge in [-0.1, -0.05) is 0 Å². The molecule has 2 rings (SSSR count). The Kier molecular flexibility index (Phi) is 2.71. The van der Waals surface area contributed by atoms with Crippen LogP contribution in [-0.2, 0) is 9.59 Å². The number of anilines is 2. The Morgan fingerprint density at radius 3 is 2.65 bits per heavy atom. The van der Waals surface area contributed by atoms with E-state index >= 15 is 0 Å². The topological polar surface area (TPSA) is 66.6 Å². The van der Waals surface area contributed by atoms with Gasteiger partial charge in [0.15, 0.2) is 0 Å². The first-order chi connectivity index (χ1) is 7.99. The van der Waals surface area contributed by atoms with Crippen LogP contribution >= 0.6 is 0 Å². The minimum Gasteiger partial charge on any atom is -0.399 e. The van der Waals surface area contributed by atoms with Gasteiger partial charge in [0.25, 0.3) is 0 Å². The molecule has 2 amide bonds. The summed E-state index contributed by atoms with van der Waals surface area (Å²) >= 11 is 0. The molecule has 2 N–H and O–H groups in total. The summed E-state index contributed by atoms with van der Waals surface area (Å²) in [6.07, 6.45) is 0. The zero-order valence-corrected chi connectivity index (χ0v) is 9.31. The number of nitrogens with two attached hydrogens (primary N) is 1. The summed E-state index contributed by atoms with van der Waals surface area (Å²) < 4.78 is 13.6. The minimum atomic E-state index is -0.565. The minimum absolute atomic E-state index is 0.0485. The highest BCUT2D eigenvalue weighted by atomic mass is 19.1. The second-order valence-electron chi connectivity index (χ2n) is 3.94. The van der Waals surface area contributed by atoms with Gasteiger partial charge in [-0.25, -0.2) is 4.39 Å². The molecule has 0 aliphatic carbocycles. The number of amides is 2. The van der Waals surface area contributed by atoms with Gasteiger partial charge in [-0.05, 0) is 18.2 Å². The summed E-state index contributed by atoms with van der Waals surface area (Å²) in [5.41, 5.74) is 5.94. The van der Waals surface area contributed by atoms with Crippen molar-refractivity contribution in [2.75, 3.05) is 30.8 Å². The lowest BCUT2D eigenvalue weighted by Gasteiger charge is -2.31. The Labute approximate surface area is 97.6 Å². The highest BCUT2D eigenvalue weighted by Gasteiger charge is 2.30. The number of nitrogen functional groups attached to an aromatic ring is 1. The molecule has 0 saturated carbocycles. The molecular weight excluding hydrogens is 225 g/mol. The van der Waals surface area contributed by atoms with Crippen molar-refractivity contribution in [2.24, 2.45) is 0 Å². The first kappa shape index (κ1) is 11.4. The van der Waals surface area contributed by atoms with Crippen LogP contribution in [0.15, 0.2) is 18.2 Å². The molecule has 1 saturated heterocycles. The van der Waals surface area contributed by atoms with Crippen molar-refractivity contribution < 1.29 is 14.0 Å². The van der Waals surface area contributed by atoms with Gasteiger partial charge < -0.3 is 10.6 Å². The number of hydrogen-bond acceptors (Lipinski definition) is 3. The fourth-order valence-corrected chi connectivity index (χ4v) is 1.68. The average molecular weight is 237 g/mol. The van der Waals surface area contributed by atoms with Gasteiger partial charge in [0.05, 0.1) is 12.2 Å². The number of nitrogens with zero attached hydrogens (tertiary/aromatic N) is 2. The zero-order valence-electron chi connectivity index (χ0n) is 9.31. The van der Waals surface area contributed by atoms with E-state index in [1.165, 1.54) is 30.1 Å². The lowest BCUT2D eigenvalue weighted by atomic mass is 10.2. The quantitative estimate of drug-likeness (QED) is 0.710. The van der Waals surface area contributed by atoms with E-state index in [2.05, 4.69) is 0 Å². The molecule has 1 fully saturated rings. The van der Waals surface area contributed by atoms with E-state index < -0.39 is 5.82 Å². The van der Waals surface area contributed by atoms with Crippen LogP contribution in [0.3, 0.4) is 0 Å². The molecule has 0 spiro atoms. The average Bonchev–Trinajstić information content (AvgIpc) is 2.27. The lowest BCUT2D eigenvalue weighted by molar-refractivity contribution is -0.136. The first-order valence-electron chi connectivity index (χ1n) is 5.08. The van der Waals surface area contributed by atoms with Crippen molar-refractivity contribution in [3.05, 3.63) is 24.0 Å². The van der Waals surface area contributed by atoms with Crippen LogP contribution in [0.5, 0.6) is 0 Å². The van der Waals surface area contributed by atoms with E-state index in [4.69, 9.17) is 5.73 Å². The molecule has 0 unspecified atom stereocenters. The number of carbonyl (C=O) groups is 2. The molecule has 1 heterocycles. The predicted octanol–water partition coefficient (Wildman–Crippen LogP) is 0.213. The van der Waals surface area contributed by atoms with Gasteiger partial charge in [-0.2, -0.15) is 0 Å². The van der Waals surface area contributed by atoms with Gasteiger partial charge in [0, 0.05) is 12.7 Å². The molecule has 0 radical (unpaired) electrons. The lowest BCUT2D eigenvalue weighted by Crippen LogP contribution is -2.52. The smallest absolute Gasteiger partial charge is 0.247 e. The van der Waals surface area contributed by atoms with Crippen LogP contribution in [0.4, 0.5) is 15.8 Å². The summed E-state index contributed by atoms with van der Waals surface area (Å²) in [5, 5.41) is 0. The molecule has 1 aliphatic heterocycles. The molecule has 90 valence electrons. The van der Waals surface area contributed by atoms with Crippen LogP contribution in [0.2, 0.25) is 0 Å². The van der Waals surface area contributed by atoms with Crippen molar-refractivity contribution in [1.29, 1.82) is 0 Å². The Balaban J connectivity index is 2.36. The molecule has 1 aliphatic rings. The number of likely N-dealkylation sites (N-methyl/N-ethyl adjacent to an activating group) is 1. The van der Waals surface area contributed by atoms with Crippen molar-refractivity contribution in [1.82, 2.24) is 4.90 Å². The summed E-state index contributed by atoms with van der Waals surface area (Å²) in [5.74, 6) is -1.12. The predicted molar refractivity (Wildman–Crippen MR) is 60.8 cm³/mol. The molecule has 5 nitrogen and oxygen atoms in total. The largest absolute Gasteiger partial charge is 0.399 e. The Morgan fingerprint density at radius 1 is 1.24 bits per heavy atom. The number of carbonyl (C=O) groups excluding carboxylic acids is 2. The van der Waals surface area contributed by atoms with Crippen LogP contribution < -0.4 is 10.6 Å². The monoisotopic (exact) mass is 237 g/mol. The standard InChI is InChI=1S/C11H12FN3O2/c1-14-5-11(17)15(6-10(14)16)9-4-7(13)2-3-8(9)12/h2-4H,5-6,13H2,1H3. The maximum absolute atomic E-state index is 13.6. The van der Waals surface area contributed by atoms with Crippen molar-refractivity contribution in [2.45, 2.75) is 0 Å². The number of rotatable bonds is 1. The van der Waals surface area contributed by atoms with Crippen LogP contribution in [-0.4, -0.2) is 36.9 Å². The Morgan fingerprint density at radius 2 is 1.94 bits per heavy atom. The molecular formula is C11H12FN3O2. The number of benzene rings is 1. The van der Waals surface area contributed by atoms with E-state index in [0.29, 0.717) is 5.69 Å². The number of hydrogen-bond donors (Lipinski definition) is 1. The highest BCUT2D eigenvalue weighted by molar-refractivity contribution is 6.04. The van der Waals surface area contributed by atoms with Gasteiger partial charge in [0.2, 0.25) is 11.8 Å². The van der Waals surface area contributed by atoms with Gasteiger partial charge in [0.1, 0.15) is 12.4 Å². The zero-order chi connectivity index (χ0) is 12.6. The third-order valence-electron chi connectivity index (χ3n) is 2.65. The summed E-state index contributed by atoms with van der Waals surface area (Å²) in [6.45, 7) is -0.206. The van der Waals surface area contributed by atoms with Gasteiger partial charge >= 0.3 is 0 Å². The van der Waals surface area contributed by atoms with Crippen molar-refractivity contribution in [3.8, 4) is 0 Å². The molecule has 0 aromatic heterocycles. The van der Waals surface area contributed by atoms with E-state index in [1.54, 1.807) is 0 Å². The molecule has 0 atom stereocenters. The van der Waals surface area contributed by atoms with Gasteiger partial charge in [-0.15, -0.1) is 0 Å². The number of halogens is 1. The summed E-state index contributed by atoms with van der Waals surface area (Å²) in [7, 11) is 1.54. The molecule has 0 bridgehead atoms. The van der Waals surface area contributed by atoms with E-state index in [-0.39, 0.29) is 30.6 Å². The molecule has 1 aromatic carbocycles. The fraction of sp³-hybridized carbons (Fsp3) is 0.273. The Hall–Kier alpha value is -2.11. The van der Waals surface area contributed by atoms with Crippen LogP contribution in [0, 0.1) is 5.82 Å². The summed E-state index contributed by atoms with van der Waals surface area (Å²) in [4.78, 5) is 25.7. The third-order valence-corrected chi connectivity index (χ3v) is 2.65. The van der Waals surface area contributed by atoms with E-state index in [9.17, 15) is 14.0 Å². The fourth-order valence-electron chi connectivity index (χ4n) is 1.68. The van der Waals surface area contributed by atoms with Crippen LogP contribution in [0.25, 0.3) is 0 Å². The first-order valence-corrected chi connectivity index (χ1v) is 5.08. The van der Waals surface area contributed by atoms with Gasteiger partial charge in [-0.3, -0.25) is 14.5 Å². The maximum atomic E-state index is 13.6. The summed E-state index contributed by atoms with van der Waals surface area (Å²) in [6, 6.07) is 3.94. The molecule has 1 aromatic rings.